The Morgan fingerprint density at radius 1 is 0.889 bits per heavy atom. The molecule has 2 aromatic carbocycles. The maximum Gasteiger partial charge on any atom is 0.272 e. The molecule has 0 saturated heterocycles. The van der Waals surface area contributed by atoms with Gasteiger partial charge in [0.2, 0.25) is 0 Å². The van der Waals surface area contributed by atoms with Crippen LogP contribution < -0.4 is 10.9 Å². The number of para-hydroxylation sites is 1. The number of benzene rings is 2. The monoisotopic (exact) mass is 237 g/mol. The van der Waals surface area contributed by atoms with Crippen LogP contribution in [0, 0.1) is 0 Å². The number of hydrogen-bond acceptors (Lipinski definition) is 3. The zero-order chi connectivity index (χ0) is 12.4. The molecule has 0 radical (unpaired) electrons. The average molecular weight is 237 g/mol. The van der Waals surface area contributed by atoms with Crippen molar-refractivity contribution in [3.8, 4) is 0 Å². The molecule has 0 amide bonds. The van der Waals surface area contributed by atoms with Crippen molar-refractivity contribution >= 4 is 22.3 Å². The fourth-order valence-corrected chi connectivity index (χ4v) is 1.87. The summed E-state index contributed by atoms with van der Waals surface area (Å²) in [7, 11) is 0. The molecule has 0 atom stereocenters. The lowest BCUT2D eigenvalue weighted by Gasteiger charge is -2.07. The molecule has 0 saturated carbocycles. The molecule has 0 fully saturated rings. The van der Waals surface area contributed by atoms with E-state index in [-0.39, 0.29) is 5.56 Å². The van der Waals surface area contributed by atoms with Crippen LogP contribution in [0.15, 0.2) is 59.4 Å². The van der Waals surface area contributed by atoms with Gasteiger partial charge in [-0.25, -0.2) is 5.10 Å². The molecule has 2 N–H and O–H groups in total. The van der Waals surface area contributed by atoms with E-state index in [2.05, 4.69) is 15.5 Å². The van der Waals surface area contributed by atoms with Crippen LogP contribution in [-0.4, -0.2) is 10.2 Å². The first-order valence-electron chi connectivity index (χ1n) is 5.64. The molecule has 3 aromatic rings. The minimum Gasteiger partial charge on any atom is -0.338 e. The third-order valence-electron chi connectivity index (χ3n) is 2.73. The maximum atomic E-state index is 11.6. The number of fused-ring (bicyclic) bond motifs is 1. The van der Waals surface area contributed by atoms with E-state index in [4.69, 9.17) is 0 Å². The largest absolute Gasteiger partial charge is 0.338 e. The van der Waals surface area contributed by atoms with Crippen molar-refractivity contribution in [3.05, 3.63) is 65.0 Å². The van der Waals surface area contributed by atoms with E-state index in [1.54, 1.807) is 6.07 Å². The van der Waals surface area contributed by atoms with Crippen LogP contribution in [0.2, 0.25) is 0 Å². The van der Waals surface area contributed by atoms with E-state index in [9.17, 15) is 4.79 Å². The highest BCUT2D eigenvalue weighted by molar-refractivity contribution is 5.92. The molecular formula is C14H11N3O. The van der Waals surface area contributed by atoms with Gasteiger partial charge in [-0.2, -0.15) is 5.10 Å². The number of hydrogen-bond donors (Lipinski definition) is 2. The summed E-state index contributed by atoms with van der Waals surface area (Å²) < 4.78 is 0. The summed E-state index contributed by atoms with van der Waals surface area (Å²) >= 11 is 0. The number of anilines is 2. The minimum absolute atomic E-state index is 0.177. The second-order valence-electron chi connectivity index (χ2n) is 3.94. The SMILES string of the molecule is O=c1[nH]nc(Nc2ccccc2)c2ccccc12. The second-order valence-corrected chi connectivity index (χ2v) is 3.94. The van der Waals surface area contributed by atoms with Gasteiger partial charge < -0.3 is 5.32 Å². The number of aromatic nitrogens is 2. The van der Waals surface area contributed by atoms with Crippen molar-refractivity contribution < 1.29 is 0 Å². The van der Waals surface area contributed by atoms with Crippen molar-refractivity contribution in [3.63, 3.8) is 0 Å². The van der Waals surface area contributed by atoms with Crippen LogP contribution in [0.4, 0.5) is 11.5 Å². The lowest BCUT2D eigenvalue weighted by Crippen LogP contribution is -2.10. The number of nitrogens with one attached hydrogen (secondary N) is 2. The lowest BCUT2D eigenvalue weighted by molar-refractivity contribution is 1.02. The van der Waals surface area contributed by atoms with Crippen LogP contribution in [0.25, 0.3) is 10.8 Å². The topological polar surface area (TPSA) is 57.8 Å². The van der Waals surface area contributed by atoms with Crippen LogP contribution >= 0.6 is 0 Å². The Bertz CT molecular complexity index is 735. The molecule has 88 valence electrons. The zero-order valence-corrected chi connectivity index (χ0v) is 9.55. The van der Waals surface area contributed by atoms with Gasteiger partial charge in [0, 0.05) is 11.1 Å². The average Bonchev–Trinajstić information content (AvgIpc) is 2.44. The number of aromatic amines is 1. The molecule has 18 heavy (non-hydrogen) atoms. The lowest BCUT2D eigenvalue weighted by atomic mass is 10.2. The van der Waals surface area contributed by atoms with Gasteiger partial charge in [0.1, 0.15) is 0 Å². The summed E-state index contributed by atoms with van der Waals surface area (Å²) in [5, 5.41) is 11.2. The van der Waals surface area contributed by atoms with E-state index in [1.807, 2.05) is 48.5 Å². The van der Waals surface area contributed by atoms with Gasteiger partial charge in [0.15, 0.2) is 5.82 Å². The highest BCUT2D eigenvalue weighted by Gasteiger charge is 2.05. The van der Waals surface area contributed by atoms with E-state index in [0.29, 0.717) is 11.2 Å². The molecule has 3 rings (SSSR count). The zero-order valence-electron chi connectivity index (χ0n) is 9.55. The maximum absolute atomic E-state index is 11.6. The highest BCUT2D eigenvalue weighted by Crippen LogP contribution is 2.20. The van der Waals surface area contributed by atoms with Gasteiger partial charge in [-0.3, -0.25) is 4.79 Å². The van der Waals surface area contributed by atoms with E-state index in [1.165, 1.54) is 0 Å². The predicted molar refractivity (Wildman–Crippen MR) is 72.1 cm³/mol. The third kappa shape index (κ3) is 1.84. The molecule has 1 aromatic heterocycles. The van der Waals surface area contributed by atoms with Crippen LogP contribution in [0.1, 0.15) is 0 Å². The Hall–Kier alpha value is -2.62. The second kappa shape index (κ2) is 4.33. The Labute approximate surface area is 103 Å². The number of rotatable bonds is 2. The Morgan fingerprint density at radius 2 is 1.56 bits per heavy atom. The third-order valence-corrected chi connectivity index (χ3v) is 2.73. The van der Waals surface area contributed by atoms with Gasteiger partial charge in [0.25, 0.3) is 5.56 Å². The molecule has 0 aliphatic heterocycles. The molecule has 0 spiro atoms. The Morgan fingerprint density at radius 3 is 2.33 bits per heavy atom. The van der Waals surface area contributed by atoms with Gasteiger partial charge in [-0.15, -0.1) is 0 Å². The Balaban J connectivity index is 2.13. The van der Waals surface area contributed by atoms with Gasteiger partial charge in [0.05, 0.1) is 5.39 Å². The minimum atomic E-state index is -0.177. The van der Waals surface area contributed by atoms with Crippen molar-refractivity contribution in [1.82, 2.24) is 10.2 Å². The van der Waals surface area contributed by atoms with Gasteiger partial charge in [-0.05, 0) is 18.2 Å². The fourth-order valence-electron chi connectivity index (χ4n) is 1.87. The smallest absolute Gasteiger partial charge is 0.272 e. The first-order valence-corrected chi connectivity index (χ1v) is 5.64. The molecule has 1 heterocycles. The van der Waals surface area contributed by atoms with E-state index in [0.717, 1.165) is 11.1 Å². The quantitative estimate of drug-likeness (QED) is 0.720. The van der Waals surface area contributed by atoms with Crippen LogP contribution in [0.5, 0.6) is 0 Å². The summed E-state index contributed by atoms with van der Waals surface area (Å²) in [5.74, 6) is 0.649. The molecule has 4 heteroatoms. The Kier molecular flexibility index (Phi) is 2.53. The van der Waals surface area contributed by atoms with Crippen molar-refractivity contribution in [2.45, 2.75) is 0 Å². The number of H-pyrrole nitrogens is 1. The summed E-state index contributed by atoms with van der Waals surface area (Å²) in [6.07, 6.45) is 0. The summed E-state index contributed by atoms with van der Waals surface area (Å²) in [4.78, 5) is 11.6. The standard InChI is InChI=1S/C14H11N3O/c18-14-12-9-5-4-8-11(12)13(16-17-14)15-10-6-2-1-3-7-10/h1-9H,(H,15,16)(H,17,18). The summed E-state index contributed by atoms with van der Waals surface area (Å²) in [6.45, 7) is 0. The molecule has 0 bridgehead atoms. The molecular weight excluding hydrogens is 226 g/mol. The number of nitrogens with zero attached hydrogens (tertiary/aromatic N) is 1. The first-order chi connectivity index (χ1) is 8.84. The fraction of sp³-hybridized carbons (Fsp3) is 0. The summed E-state index contributed by atoms with van der Waals surface area (Å²) in [5.41, 5.74) is 0.756. The molecule has 0 aliphatic rings. The molecule has 0 aliphatic carbocycles. The first kappa shape index (κ1) is 10.5. The molecule has 0 unspecified atom stereocenters. The highest BCUT2D eigenvalue weighted by atomic mass is 16.1. The van der Waals surface area contributed by atoms with E-state index < -0.39 is 0 Å². The van der Waals surface area contributed by atoms with Crippen LogP contribution in [0.3, 0.4) is 0 Å². The van der Waals surface area contributed by atoms with Crippen molar-refractivity contribution in [1.29, 1.82) is 0 Å². The van der Waals surface area contributed by atoms with Gasteiger partial charge in [-0.1, -0.05) is 36.4 Å². The van der Waals surface area contributed by atoms with Gasteiger partial charge >= 0.3 is 0 Å². The van der Waals surface area contributed by atoms with Crippen molar-refractivity contribution in [2.75, 3.05) is 5.32 Å². The summed E-state index contributed by atoms with van der Waals surface area (Å²) in [6, 6.07) is 17.1. The van der Waals surface area contributed by atoms with Crippen molar-refractivity contribution in [2.24, 2.45) is 0 Å². The van der Waals surface area contributed by atoms with Crippen LogP contribution in [-0.2, 0) is 0 Å². The predicted octanol–water partition coefficient (Wildman–Crippen LogP) is 2.67. The normalized spacial score (nSPS) is 10.4. The van der Waals surface area contributed by atoms with E-state index >= 15 is 0 Å². The molecule has 4 nitrogen and oxygen atoms in total.